The topological polar surface area (TPSA) is 110 Å². The Balaban J connectivity index is 2.05. The van der Waals surface area contributed by atoms with E-state index in [1.165, 1.54) is 18.2 Å². The zero-order valence-corrected chi connectivity index (χ0v) is 16.8. The van der Waals surface area contributed by atoms with Crippen molar-refractivity contribution in [2.45, 2.75) is 43.1 Å². The Labute approximate surface area is 165 Å². The third kappa shape index (κ3) is 5.85. The van der Waals surface area contributed by atoms with Crippen LogP contribution in [0.25, 0.3) is 0 Å². The van der Waals surface area contributed by atoms with E-state index in [-0.39, 0.29) is 23.0 Å². The molecule has 2 aromatic rings. The van der Waals surface area contributed by atoms with E-state index in [2.05, 4.69) is 5.32 Å². The van der Waals surface area contributed by atoms with Crippen LogP contribution in [0, 0.1) is 16.0 Å². The number of hydrogen-bond donors (Lipinski definition) is 2. The van der Waals surface area contributed by atoms with E-state index in [9.17, 15) is 23.6 Å². The highest BCUT2D eigenvalue weighted by Gasteiger charge is 2.31. The number of non-ortho nitro benzene ring substituents is 1. The summed E-state index contributed by atoms with van der Waals surface area (Å²) in [6, 6.07) is 14.8. The van der Waals surface area contributed by atoms with E-state index in [0.717, 1.165) is 11.6 Å². The van der Waals surface area contributed by atoms with Gasteiger partial charge in [0.05, 0.1) is 15.9 Å². The van der Waals surface area contributed by atoms with Crippen molar-refractivity contribution in [1.29, 1.82) is 0 Å². The summed E-state index contributed by atoms with van der Waals surface area (Å²) >= 11 is 0. The highest BCUT2D eigenvalue weighted by Crippen LogP contribution is 2.23. The predicted octanol–water partition coefficient (Wildman–Crippen LogP) is 2.93. The van der Waals surface area contributed by atoms with Gasteiger partial charge >= 0.3 is 0 Å². The Hall–Kier alpha value is -2.29. The molecule has 28 heavy (non-hydrogen) atoms. The number of nitrogens with one attached hydrogen (secondary N) is 1. The summed E-state index contributed by atoms with van der Waals surface area (Å²) in [7, 11) is -3.85. The van der Waals surface area contributed by atoms with E-state index < -0.39 is 26.2 Å². The summed E-state index contributed by atoms with van der Waals surface area (Å²) < 4.78 is 25.9. The number of rotatable bonds is 10. The molecule has 152 valence electrons. The van der Waals surface area contributed by atoms with Gasteiger partial charge in [-0.1, -0.05) is 50.2 Å². The summed E-state index contributed by atoms with van der Waals surface area (Å²) in [6.45, 7) is 3.62. The second-order valence-electron chi connectivity index (χ2n) is 7.05. The van der Waals surface area contributed by atoms with Crippen LogP contribution in [0.5, 0.6) is 0 Å². The number of benzene rings is 2. The molecule has 2 N–H and O–H groups in total. The van der Waals surface area contributed by atoms with Crippen LogP contribution in [0.15, 0.2) is 59.5 Å². The minimum atomic E-state index is -3.85. The van der Waals surface area contributed by atoms with Crippen molar-refractivity contribution in [3.05, 3.63) is 70.3 Å². The van der Waals surface area contributed by atoms with Crippen LogP contribution in [0.1, 0.15) is 25.8 Å². The first-order chi connectivity index (χ1) is 13.2. The number of nitrogens with zero attached hydrogens (tertiary/aromatic N) is 1. The van der Waals surface area contributed by atoms with Gasteiger partial charge in [-0.3, -0.25) is 15.4 Å². The van der Waals surface area contributed by atoms with E-state index >= 15 is 0 Å². The molecule has 7 nitrogen and oxygen atoms in total. The second kappa shape index (κ2) is 9.77. The summed E-state index contributed by atoms with van der Waals surface area (Å²) in [5.41, 5.74) is 0.831. The largest absolute Gasteiger partial charge is 0.392 e. The number of aliphatic hydroxyl groups excluding tert-OH is 1. The maximum absolute atomic E-state index is 13.0. The molecule has 0 aliphatic carbocycles. The molecule has 0 aliphatic rings. The first-order valence-electron chi connectivity index (χ1n) is 9.15. The maximum Gasteiger partial charge on any atom is 0.270 e. The normalized spacial score (nSPS) is 14.0. The van der Waals surface area contributed by atoms with Crippen molar-refractivity contribution < 1.29 is 18.4 Å². The van der Waals surface area contributed by atoms with Gasteiger partial charge in [0.25, 0.3) is 5.69 Å². The Kier molecular flexibility index (Phi) is 7.68. The van der Waals surface area contributed by atoms with E-state index in [4.69, 9.17) is 0 Å². The van der Waals surface area contributed by atoms with E-state index in [1.54, 1.807) is 13.8 Å². The lowest BCUT2D eigenvalue weighted by molar-refractivity contribution is -0.385. The molecule has 0 bridgehead atoms. The number of nitro groups is 1. The van der Waals surface area contributed by atoms with Gasteiger partial charge in [0.2, 0.25) is 0 Å². The second-order valence-corrected chi connectivity index (χ2v) is 9.12. The standard InChI is InChI=1S/C20H26N2O5S/c1-15(2)20(21-14-18(23)12-11-16-7-4-3-5-8-16)28(26,27)19-10-6-9-17(13-19)22(24)25/h3-10,13,15,18,20-21,23H,11-12,14H2,1-2H3/t18-,20+/m1/s1. The van der Waals surface area contributed by atoms with Crippen LogP contribution >= 0.6 is 0 Å². The van der Waals surface area contributed by atoms with Crippen molar-refractivity contribution >= 4 is 15.5 Å². The first-order valence-corrected chi connectivity index (χ1v) is 10.7. The van der Waals surface area contributed by atoms with Gasteiger partial charge < -0.3 is 5.11 Å². The number of aliphatic hydroxyl groups is 1. The Bertz CT molecular complexity index is 884. The van der Waals surface area contributed by atoms with Crippen molar-refractivity contribution in [3.8, 4) is 0 Å². The van der Waals surface area contributed by atoms with Gasteiger partial charge in [0.1, 0.15) is 5.37 Å². The van der Waals surface area contributed by atoms with Gasteiger partial charge in [-0.15, -0.1) is 0 Å². The lowest BCUT2D eigenvalue weighted by Gasteiger charge is -2.24. The number of nitro benzene ring substituents is 1. The highest BCUT2D eigenvalue weighted by molar-refractivity contribution is 7.92. The Morgan fingerprint density at radius 1 is 1.11 bits per heavy atom. The van der Waals surface area contributed by atoms with Crippen molar-refractivity contribution in [3.63, 3.8) is 0 Å². The predicted molar refractivity (Wildman–Crippen MR) is 108 cm³/mol. The van der Waals surface area contributed by atoms with Crippen molar-refractivity contribution in [2.75, 3.05) is 6.54 Å². The van der Waals surface area contributed by atoms with Crippen molar-refractivity contribution in [1.82, 2.24) is 5.32 Å². The van der Waals surface area contributed by atoms with Gasteiger partial charge in [0, 0.05) is 18.7 Å². The fourth-order valence-electron chi connectivity index (χ4n) is 2.96. The molecule has 0 saturated heterocycles. The molecule has 0 saturated carbocycles. The number of hydrogen-bond acceptors (Lipinski definition) is 6. The summed E-state index contributed by atoms with van der Waals surface area (Å²) in [4.78, 5) is 10.2. The Morgan fingerprint density at radius 2 is 1.79 bits per heavy atom. The fraction of sp³-hybridized carbons (Fsp3) is 0.400. The Morgan fingerprint density at radius 3 is 2.39 bits per heavy atom. The monoisotopic (exact) mass is 406 g/mol. The van der Waals surface area contributed by atoms with Crippen LogP contribution in [-0.2, 0) is 16.3 Å². The average Bonchev–Trinajstić information content (AvgIpc) is 2.67. The van der Waals surface area contributed by atoms with Gasteiger partial charge in [-0.05, 0) is 30.4 Å². The lowest BCUT2D eigenvalue weighted by Crippen LogP contribution is -2.44. The molecule has 8 heteroatoms. The average molecular weight is 407 g/mol. The van der Waals surface area contributed by atoms with E-state index in [0.29, 0.717) is 12.8 Å². The zero-order chi connectivity index (χ0) is 20.7. The van der Waals surface area contributed by atoms with Gasteiger partial charge in [-0.2, -0.15) is 0 Å². The molecule has 0 fully saturated rings. The lowest BCUT2D eigenvalue weighted by atomic mass is 10.1. The number of sulfone groups is 1. The molecule has 2 rings (SSSR count). The van der Waals surface area contributed by atoms with Crippen LogP contribution in [-0.4, -0.2) is 36.5 Å². The van der Waals surface area contributed by atoms with Crippen molar-refractivity contribution in [2.24, 2.45) is 5.92 Å². The molecule has 0 aliphatic heterocycles. The number of aryl methyl sites for hydroxylation is 1. The minimum absolute atomic E-state index is 0.105. The van der Waals surface area contributed by atoms with Crippen LogP contribution in [0.2, 0.25) is 0 Å². The molecular formula is C20H26N2O5S. The summed E-state index contributed by atoms with van der Waals surface area (Å²) in [5.74, 6) is -0.286. The molecule has 0 amide bonds. The van der Waals surface area contributed by atoms with Crippen LogP contribution in [0.3, 0.4) is 0 Å². The quantitative estimate of drug-likeness (QED) is 0.464. The first kappa shape index (κ1) is 22.0. The van der Waals surface area contributed by atoms with Gasteiger partial charge in [-0.25, -0.2) is 8.42 Å². The fourth-order valence-corrected chi connectivity index (χ4v) is 4.84. The highest BCUT2D eigenvalue weighted by atomic mass is 32.2. The molecule has 2 aromatic carbocycles. The van der Waals surface area contributed by atoms with Crippen LogP contribution in [0.4, 0.5) is 5.69 Å². The summed E-state index contributed by atoms with van der Waals surface area (Å²) in [6.07, 6.45) is 0.480. The smallest absolute Gasteiger partial charge is 0.270 e. The molecular weight excluding hydrogens is 380 g/mol. The van der Waals surface area contributed by atoms with E-state index in [1.807, 2.05) is 30.3 Å². The van der Waals surface area contributed by atoms with Gasteiger partial charge in [0.15, 0.2) is 9.84 Å². The summed E-state index contributed by atoms with van der Waals surface area (Å²) in [5, 5.41) is 23.2. The molecule has 2 atom stereocenters. The minimum Gasteiger partial charge on any atom is -0.392 e. The molecule has 0 unspecified atom stereocenters. The SMILES string of the molecule is CC(C)[C@@H](NC[C@H](O)CCc1ccccc1)S(=O)(=O)c1cccc([N+](=O)[O-])c1. The zero-order valence-electron chi connectivity index (χ0n) is 16.0. The third-order valence-electron chi connectivity index (χ3n) is 4.46. The maximum atomic E-state index is 13.0. The molecule has 0 heterocycles. The molecule has 0 spiro atoms. The third-order valence-corrected chi connectivity index (χ3v) is 6.75. The molecule has 0 aromatic heterocycles. The van der Waals surface area contributed by atoms with Crippen LogP contribution < -0.4 is 5.32 Å². The molecule has 0 radical (unpaired) electrons.